The monoisotopic (exact) mass is 270 g/mol. The Kier molecular flexibility index (Phi) is 3.99. The Hall–Kier alpha value is -1.30. The third-order valence-corrected chi connectivity index (χ3v) is 4.18. The molecule has 1 aliphatic heterocycles. The molecule has 6 heteroatoms. The van der Waals surface area contributed by atoms with E-state index in [0.717, 1.165) is 19.3 Å². The first-order valence-corrected chi connectivity index (χ1v) is 6.80. The van der Waals surface area contributed by atoms with Crippen molar-refractivity contribution in [1.82, 2.24) is 10.2 Å². The van der Waals surface area contributed by atoms with Gasteiger partial charge in [-0.2, -0.15) is 0 Å². The molecule has 1 aliphatic carbocycles. The number of ether oxygens (including phenoxy) is 1. The molecule has 1 saturated carbocycles. The molecule has 0 aromatic rings. The Labute approximate surface area is 113 Å². The van der Waals surface area contributed by atoms with Crippen molar-refractivity contribution < 1.29 is 19.4 Å². The summed E-state index contributed by atoms with van der Waals surface area (Å²) in [5.74, 6) is -1.02. The number of carboxylic acids is 1. The summed E-state index contributed by atoms with van der Waals surface area (Å²) in [6.45, 7) is 5.16. The molecule has 1 heterocycles. The molecule has 0 aromatic heterocycles. The van der Waals surface area contributed by atoms with Crippen molar-refractivity contribution in [2.24, 2.45) is 5.41 Å². The van der Waals surface area contributed by atoms with Crippen LogP contribution in [-0.4, -0.2) is 53.8 Å². The van der Waals surface area contributed by atoms with Crippen LogP contribution in [0.2, 0.25) is 0 Å². The van der Waals surface area contributed by atoms with Gasteiger partial charge in [-0.05, 0) is 18.3 Å². The minimum Gasteiger partial charge on any atom is -0.479 e. The van der Waals surface area contributed by atoms with E-state index in [1.54, 1.807) is 0 Å². The number of nitrogens with zero attached hydrogens (tertiary/aromatic N) is 1. The molecule has 2 amide bonds. The molecule has 0 bridgehead atoms. The fraction of sp³-hybridized carbons (Fsp3) is 0.846. The number of rotatable bonds is 2. The van der Waals surface area contributed by atoms with Gasteiger partial charge < -0.3 is 20.1 Å². The SMILES string of the molecule is CC1(C)CCCC1NC(=O)N1CCOC(C(=O)O)C1. The van der Waals surface area contributed by atoms with Gasteiger partial charge in [-0.15, -0.1) is 0 Å². The van der Waals surface area contributed by atoms with Gasteiger partial charge in [0.25, 0.3) is 0 Å². The number of nitrogens with one attached hydrogen (secondary N) is 1. The van der Waals surface area contributed by atoms with Gasteiger partial charge in [-0.25, -0.2) is 9.59 Å². The highest BCUT2D eigenvalue weighted by molar-refractivity contribution is 5.77. The molecule has 2 aliphatic rings. The first kappa shape index (κ1) is 14.1. The van der Waals surface area contributed by atoms with Crippen molar-refractivity contribution in [2.75, 3.05) is 19.7 Å². The molecule has 0 radical (unpaired) electrons. The van der Waals surface area contributed by atoms with Gasteiger partial charge in [-0.3, -0.25) is 0 Å². The van der Waals surface area contributed by atoms with E-state index in [-0.39, 0.29) is 30.6 Å². The summed E-state index contributed by atoms with van der Waals surface area (Å²) in [7, 11) is 0. The normalized spacial score (nSPS) is 30.1. The maximum Gasteiger partial charge on any atom is 0.334 e. The molecular formula is C13H22N2O4. The quantitative estimate of drug-likeness (QED) is 0.786. The molecule has 2 fully saturated rings. The van der Waals surface area contributed by atoms with Crippen LogP contribution < -0.4 is 5.32 Å². The predicted octanol–water partition coefficient (Wildman–Crippen LogP) is 1.06. The van der Waals surface area contributed by atoms with Crippen molar-refractivity contribution in [2.45, 2.75) is 45.3 Å². The van der Waals surface area contributed by atoms with Crippen LogP contribution in [0.15, 0.2) is 0 Å². The summed E-state index contributed by atoms with van der Waals surface area (Å²) in [6, 6.07) is 0.000600. The molecule has 2 unspecified atom stereocenters. The maximum absolute atomic E-state index is 12.2. The zero-order valence-electron chi connectivity index (χ0n) is 11.5. The zero-order chi connectivity index (χ0) is 14.0. The maximum atomic E-state index is 12.2. The topological polar surface area (TPSA) is 78.9 Å². The molecule has 0 spiro atoms. The lowest BCUT2D eigenvalue weighted by atomic mass is 9.87. The molecule has 2 N–H and O–H groups in total. The lowest BCUT2D eigenvalue weighted by molar-refractivity contribution is -0.154. The fourth-order valence-electron chi connectivity index (χ4n) is 2.82. The van der Waals surface area contributed by atoms with Crippen molar-refractivity contribution in [3.8, 4) is 0 Å². The zero-order valence-corrected chi connectivity index (χ0v) is 11.5. The highest BCUT2D eigenvalue weighted by Crippen LogP contribution is 2.37. The lowest BCUT2D eigenvalue weighted by Gasteiger charge is -2.34. The lowest BCUT2D eigenvalue weighted by Crippen LogP contribution is -2.54. The molecule has 1 saturated heterocycles. The summed E-state index contributed by atoms with van der Waals surface area (Å²) < 4.78 is 5.11. The van der Waals surface area contributed by atoms with E-state index in [1.165, 1.54) is 4.90 Å². The predicted molar refractivity (Wildman–Crippen MR) is 68.9 cm³/mol. The third-order valence-electron chi connectivity index (χ3n) is 4.18. The minimum atomic E-state index is -1.02. The Bertz CT molecular complexity index is 370. The first-order valence-electron chi connectivity index (χ1n) is 6.80. The van der Waals surface area contributed by atoms with Crippen LogP contribution in [0.4, 0.5) is 4.79 Å². The summed E-state index contributed by atoms with van der Waals surface area (Å²) in [4.78, 5) is 24.6. The van der Waals surface area contributed by atoms with Crippen LogP contribution >= 0.6 is 0 Å². The largest absolute Gasteiger partial charge is 0.479 e. The van der Waals surface area contributed by atoms with Crippen molar-refractivity contribution in [1.29, 1.82) is 0 Å². The molecule has 108 valence electrons. The molecule has 0 aromatic carbocycles. The van der Waals surface area contributed by atoms with Crippen LogP contribution in [0.1, 0.15) is 33.1 Å². The minimum absolute atomic E-state index is 0.119. The number of urea groups is 1. The van der Waals surface area contributed by atoms with E-state index in [1.807, 2.05) is 0 Å². The van der Waals surface area contributed by atoms with Crippen LogP contribution in [0.5, 0.6) is 0 Å². The van der Waals surface area contributed by atoms with E-state index < -0.39 is 12.1 Å². The Morgan fingerprint density at radius 1 is 1.42 bits per heavy atom. The summed E-state index contributed by atoms with van der Waals surface area (Å²) in [5.41, 5.74) is 0.119. The van der Waals surface area contributed by atoms with E-state index in [9.17, 15) is 9.59 Å². The van der Waals surface area contributed by atoms with E-state index >= 15 is 0 Å². The highest BCUT2D eigenvalue weighted by Gasteiger charge is 2.37. The number of amides is 2. The molecule has 19 heavy (non-hydrogen) atoms. The number of carbonyl (C=O) groups excluding carboxylic acids is 1. The summed E-state index contributed by atoms with van der Waals surface area (Å²) in [5, 5.41) is 12.0. The van der Waals surface area contributed by atoms with Crippen LogP contribution in [-0.2, 0) is 9.53 Å². The van der Waals surface area contributed by atoms with Crippen LogP contribution in [0.25, 0.3) is 0 Å². The fourth-order valence-corrected chi connectivity index (χ4v) is 2.82. The van der Waals surface area contributed by atoms with Gasteiger partial charge in [-0.1, -0.05) is 20.3 Å². The van der Waals surface area contributed by atoms with E-state index in [4.69, 9.17) is 9.84 Å². The molecule has 2 atom stereocenters. The number of hydrogen-bond acceptors (Lipinski definition) is 3. The highest BCUT2D eigenvalue weighted by atomic mass is 16.5. The third kappa shape index (κ3) is 3.18. The summed E-state index contributed by atoms with van der Waals surface area (Å²) in [6.07, 6.45) is 2.32. The van der Waals surface area contributed by atoms with Gasteiger partial charge in [0, 0.05) is 12.6 Å². The van der Waals surface area contributed by atoms with E-state index in [2.05, 4.69) is 19.2 Å². The Balaban J connectivity index is 1.91. The smallest absolute Gasteiger partial charge is 0.334 e. The number of carboxylic acid groups (broad SMARTS) is 1. The van der Waals surface area contributed by atoms with Gasteiger partial charge in [0.15, 0.2) is 6.10 Å². The van der Waals surface area contributed by atoms with Crippen molar-refractivity contribution in [3.05, 3.63) is 0 Å². The number of aliphatic carboxylic acids is 1. The van der Waals surface area contributed by atoms with Gasteiger partial charge in [0.05, 0.1) is 13.2 Å². The average molecular weight is 270 g/mol. The number of carbonyl (C=O) groups is 2. The second-order valence-corrected chi connectivity index (χ2v) is 6.03. The van der Waals surface area contributed by atoms with Gasteiger partial charge in [0.2, 0.25) is 0 Å². The van der Waals surface area contributed by atoms with Crippen LogP contribution in [0.3, 0.4) is 0 Å². The first-order chi connectivity index (χ1) is 8.90. The second kappa shape index (κ2) is 5.36. The molecule has 2 rings (SSSR count). The molecule has 6 nitrogen and oxygen atoms in total. The standard InChI is InChI=1S/C13H22N2O4/c1-13(2)5-3-4-10(13)14-12(18)15-6-7-19-9(8-15)11(16)17/h9-10H,3-8H2,1-2H3,(H,14,18)(H,16,17). The number of hydrogen-bond donors (Lipinski definition) is 2. The van der Waals surface area contributed by atoms with Gasteiger partial charge >= 0.3 is 12.0 Å². The second-order valence-electron chi connectivity index (χ2n) is 6.03. The van der Waals surface area contributed by atoms with Crippen molar-refractivity contribution >= 4 is 12.0 Å². The Morgan fingerprint density at radius 3 is 2.74 bits per heavy atom. The Morgan fingerprint density at radius 2 is 2.16 bits per heavy atom. The van der Waals surface area contributed by atoms with Crippen LogP contribution in [0, 0.1) is 5.41 Å². The average Bonchev–Trinajstić information content (AvgIpc) is 2.69. The van der Waals surface area contributed by atoms with Crippen molar-refractivity contribution in [3.63, 3.8) is 0 Å². The number of morpholine rings is 1. The molecular weight excluding hydrogens is 248 g/mol. The summed E-state index contributed by atoms with van der Waals surface area (Å²) >= 11 is 0. The van der Waals surface area contributed by atoms with E-state index in [0.29, 0.717) is 6.54 Å². The van der Waals surface area contributed by atoms with Gasteiger partial charge in [0.1, 0.15) is 0 Å².